The van der Waals surface area contributed by atoms with E-state index in [1.165, 1.54) is 0 Å². The number of H-pyrrole nitrogens is 1. The average molecular weight is 413 g/mol. The molecular formula is C17H12BrF3N2O2. The third-order valence-electron chi connectivity index (χ3n) is 3.72. The van der Waals surface area contributed by atoms with Crippen LogP contribution in [0.2, 0.25) is 0 Å². The minimum absolute atomic E-state index is 0.0777. The Bertz CT molecular complexity index is 935. The van der Waals surface area contributed by atoms with Gasteiger partial charge >= 0.3 is 0 Å². The molecule has 8 heteroatoms. The lowest BCUT2D eigenvalue weighted by molar-refractivity contribution is 0.0911. The summed E-state index contributed by atoms with van der Waals surface area (Å²) < 4.78 is 40.6. The second-order valence-corrected chi connectivity index (χ2v) is 6.34. The minimum atomic E-state index is -1.60. The van der Waals surface area contributed by atoms with Crippen molar-refractivity contribution < 1.29 is 23.1 Å². The number of nitrogens with one attached hydrogen (secondary N) is 2. The largest absolute Gasteiger partial charge is 0.394 e. The first-order chi connectivity index (χ1) is 11.9. The van der Waals surface area contributed by atoms with Crippen molar-refractivity contribution in [3.05, 3.63) is 69.6 Å². The molecule has 0 aliphatic rings. The van der Waals surface area contributed by atoms with Crippen molar-refractivity contribution in [2.45, 2.75) is 6.04 Å². The van der Waals surface area contributed by atoms with E-state index in [0.717, 1.165) is 27.5 Å². The molecule has 0 aliphatic heterocycles. The fourth-order valence-corrected chi connectivity index (χ4v) is 2.85. The molecule has 0 aliphatic carbocycles. The molecule has 1 amide bonds. The molecule has 1 aromatic heterocycles. The molecule has 1 unspecified atom stereocenters. The number of aliphatic hydroxyl groups is 1. The number of aliphatic hydroxyl groups excluding tert-OH is 1. The molecule has 3 rings (SSSR count). The van der Waals surface area contributed by atoms with Gasteiger partial charge < -0.3 is 15.4 Å². The number of hydrogen-bond donors (Lipinski definition) is 3. The van der Waals surface area contributed by atoms with Gasteiger partial charge in [-0.25, -0.2) is 13.2 Å². The van der Waals surface area contributed by atoms with Gasteiger partial charge in [0.1, 0.15) is 5.69 Å². The van der Waals surface area contributed by atoms with Crippen LogP contribution in [0.1, 0.15) is 22.1 Å². The van der Waals surface area contributed by atoms with Gasteiger partial charge in [-0.3, -0.25) is 4.79 Å². The summed E-state index contributed by atoms with van der Waals surface area (Å²) in [6.45, 7) is -0.609. The number of fused-ring (bicyclic) bond motifs is 1. The van der Waals surface area contributed by atoms with Gasteiger partial charge in [0.25, 0.3) is 5.91 Å². The van der Waals surface area contributed by atoms with Crippen LogP contribution in [-0.4, -0.2) is 22.6 Å². The number of amides is 1. The van der Waals surface area contributed by atoms with Crippen LogP contribution >= 0.6 is 15.9 Å². The molecule has 3 N–H and O–H groups in total. The maximum atomic E-state index is 13.4. The molecule has 0 fully saturated rings. The summed E-state index contributed by atoms with van der Waals surface area (Å²) in [6, 6.07) is 7.40. The van der Waals surface area contributed by atoms with Crippen LogP contribution in [0.4, 0.5) is 13.2 Å². The standard InChI is InChI=1S/C17H12BrF3N2O2/c18-10-1-2-13-8(3-10)6-14(22-13)17(25)23-15(7-24)9-4-11(19)16(21)12(20)5-9/h1-6,15,22,24H,7H2,(H,23,25). The van der Waals surface area contributed by atoms with E-state index in [-0.39, 0.29) is 11.3 Å². The van der Waals surface area contributed by atoms with Crippen molar-refractivity contribution in [1.82, 2.24) is 10.3 Å². The Balaban J connectivity index is 1.86. The summed E-state index contributed by atoms with van der Waals surface area (Å²) in [5.74, 6) is -4.96. The average Bonchev–Trinajstić information content (AvgIpc) is 3.00. The van der Waals surface area contributed by atoms with E-state index >= 15 is 0 Å². The topological polar surface area (TPSA) is 65.1 Å². The maximum absolute atomic E-state index is 13.4. The molecule has 1 heterocycles. The van der Waals surface area contributed by atoms with E-state index < -0.39 is 36.0 Å². The third-order valence-corrected chi connectivity index (χ3v) is 4.22. The number of carbonyl (C=O) groups is 1. The molecule has 3 aromatic rings. The molecule has 1 atom stereocenters. The van der Waals surface area contributed by atoms with E-state index in [4.69, 9.17) is 0 Å². The van der Waals surface area contributed by atoms with Crippen molar-refractivity contribution >= 4 is 32.7 Å². The highest BCUT2D eigenvalue weighted by molar-refractivity contribution is 9.10. The summed E-state index contributed by atoms with van der Waals surface area (Å²) in [7, 11) is 0. The normalized spacial score (nSPS) is 12.4. The van der Waals surface area contributed by atoms with Gasteiger partial charge in [-0.1, -0.05) is 15.9 Å². The van der Waals surface area contributed by atoms with Crippen LogP contribution in [0.25, 0.3) is 10.9 Å². The molecule has 130 valence electrons. The summed E-state index contributed by atoms with van der Waals surface area (Å²) >= 11 is 3.33. The predicted molar refractivity (Wildman–Crippen MR) is 89.6 cm³/mol. The number of hydrogen-bond acceptors (Lipinski definition) is 2. The van der Waals surface area contributed by atoms with Gasteiger partial charge in [0.15, 0.2) is 17.5 Å². The third kappa shape index (κ3) is 3.54. The number of aromatic amines is 1. The van der Waals surface area contributed by atoms with Crippen molar-refractivity contribution in [3.63, 3.8) is 0 Å². The number of carbonyl (C=O) groups excluding carboxylic acids is 1. The second-order valence-electron chi connectivity index (χ2n) is 5.42. The molecular weight excluding hydrogens is 401 g/mol. The SMILES string of the molecule is O=C(NC(CO)c1cc(F)c(F)c(F)c1)c1cc2cc(Br)ccc2[nH]1. The molecule has 2 aromatic carbocycles. The molecule has 0 bridgehead atoms. The summed E-state index contributed by atoms with van der Waals surface area (Å²) in [6.07, 6.45) is 0. The zero-order valence-corrected chi connectivity index (χ0v) is 14.2. The van der Waals surface area contributed by atoms with Crippen LogP contribution in [0, 0.1) is 17.5 Å². The van der Waals surface area contributed by atoms with E-state index in [1.807, 2.05) is 6.07 Å². The van der Waals surface area contributed by atoms with Crippen molar-refractivity contribution in [2.75, 3.05) is 6.61 Å². The van der Waals surface area contributed by atoms with Gasteiger partial charge in [0.2, 0.25) is 0 Å². The van der Waals surface area contributed by atoms with Crippen LogP contribution in [0.3, 0.4) is 0 Å². The Morgan fingerprint density at radius 1 is 1.16 bits per heavy atom. The van der Waals surface area contributed by atoms with Gasteiger partial charge in [0.05, 0.1) is 12.6 Å². The van der Waals surface area contributed by atoms with E-state index in [2.05, 4.69) is 26.2 Å². The van der Waals surface area contributed by atoms with Crippen LogP contribution in [-0.2, 0) is 0 Å². The van der Waals surface area contributed by atoms with Crippen LogP contribution < -0.4 is 5.32 Å². The molecule has 0 saturated carbocycles. The minimum Gasteiger partial charge on any atom is -0.394 e. The highest BCUT2D eigenvalue weighted by atomic mass is 79.9. The molecule has 0 radical (unpaired) electrons. The lowest BCUT2D eigenvalue weighted by Gasteiger charge is -2.16. The van der Waals surface area contributed by atoms with Gasteiger partial charge in [0, 0.05) is 15.4 Å². The van der Waals surface area contributed by atoms with E-state index in [0.29, 0.717) is 0 Å². The first kappa shape index (κ1) is 17.5. The Morgan fingerprint density at radius 2 is 1.84 bits per heavy atom. The fraction of sp³-hybridized carbons (Fsp3) is 0.118. The second kappa shape index (κ2) is 6.89. The number of rotatable bonds is 4. The van der Waals surface area contributed by atoms with Crippen molar-refractivity contribution in [1.29, 1.82) is 0 Å². The Hall–Kier alpha value is -2.32. The zero-order valence-electron chi connectivity index (χ0n) is 12.6. The molecule has 4 nitrogen and oxygen atoms in total. The number of aromatic nitrogens is 1. The van der Waals surface area contributed by atoms with E-state index in [1.54, 1.807) is 18.2 Å². The quantitative estimate of drug-likeness (QED) is 0.570. The predicted octanol–water partition coefficient (Wildman–Crippen LogP) is 3.81. The zero-order chi connectivity index (χ0) is 18.1. The fourth-order valence-electron chi connectivity index (χ4n) is 2.47. The first-order valence-electron chi connectivity index (χ1n) is 7.23. The van der Waals surface area contributed by atoms with Gasteiger partial charge in [-0.2, -0.15) is 0 Å². The number of halogens is 4. The lowest BCUT2D eigenvalue weighted by atomic mass is 10.1. The summed E-state index contributed by atoms with van der Waals surface area (Å²) in [4.78, 5) is 15.3. The number of benzene rings is 2. The van der Waals surface area contributed by atoms with Gasteiger partial charge in [-0.05, 0) is 42.0 Å². The molecule has 0 saturated heterocycles. The van der Waals surface area contributed by atoms with Crippen molar-refractivity contribution in [2.24, 2.45) is 0 Å². The highest BCUT2D eigenvalue weighted by Crippen LogP contribution is 2.22. The van der Waals surface area contributed by atoms with E-state index in [9.17, 15) is 23.1 Å². The summed E-state index contributed by atoms with van der Waals surface area (Å²) in [5.41, 5.74) is 0.869. The maximum Gasteiger partial charge on any atom is 0.268 e. The van der Waals surface area contributed by atoms with Crippen molar-refractivity contribution in [3.8, 4) is 0 Å². The van der Waals surface area contributed by atoms with Gasteiger partial charge in [-0.15, -0.1) is 0 Å². The summed E-state index contributed by atoms with van der Waals surface area (Å²) in [5, 5.41) is 12.7. The molecule has 25 heavy (non-hydrogen) atoms. The smallest absolute Gasteiger partial charge is 0.268 e. The lowest BCUT2D eigenvalue weighted by Crippen LogP contribution is -2.31. The van der Waals surface area contributed by atoms with Crippen LogP contribution in [0.15, 0.2) is 40.9 Å². The first-order valence-corrected chi connectivity index (χ1v) is 8.02. The highest BCUT2D eigenvalue weighted by Gasteiger charge is 2.20. The molecule has 0 spiro atoms. The Morgan fingerprint density at radius 3 is 2.48 bits per heavy atom. The Kier molecular flexibility index (Phi) is 4.82. The van der Waals surface area contributed by atoms with Crippen LogP contribution in [0.5, 0.6) is 0 Å². The Labute approximate surface area is 148 Å². The monoisotopic (exact) mass is 412 g/mol.